The molecule has 1 aromatic carbocycles. The van der Waals surface area contributed by atoms with Gasteiger partial charge in [0.1, 0.15) is 12.5 Å². The normalized spacial score (nSPS) is 18.3. The minimum atomic E-state index is -4.63. The number of rotatable bonds is 4. The van der Waals surface area contributed by atoms with Crippen LogP contribution in [0.3, 0.4) is 0 Å². The Hall–Kier alpha value is -2.38. The predicted molar refractivity (Wildman–Crippen MR) is 74.5 cm³/mol. The summed E-state index contributed by atoms with van der Waals surface area (Å²) in [6.45, 7) is 1.28. The van der Waals surface area contributed by atoms with E-state index in [0.717, 1.165) is 0 Å². The molecule has 1 aromatic rings. The van der Waals surface area contributed by atoms with Crippen molar-refractivity contribution >= 4 is 17.6 Å². The molecule has 0 aliphatic heterocycles. The van der Waals surface area contributed by atoms with Gasteiger partial charge in [-0.2, -0.15) is 13.2 Å². The molecular formula is C15H15F3N2O3. The van der Waals surface area contributed by atoms with E-state index in [1.807, 2.05) is 5.32 Å². The van der Waals surface area contributed by atoms with Gasteiger partial charge >= 0.3 is 6.18 Å². The van der Waals surface area contributed by atoms with Crippen LogP contribution in [-0.4, -0.2) is 29.8 Å². The third kappa shape index (κ3) is 4.30. The van der Waals surface area contributed by atoms with Gasteiger partial charge in [0.2, 0.25) is 11.8 Å². The Morgan fingerprint density at radius 1 is 1.30 bits per heavy atom. The summed E-state index contributed by atoms with van der Waals surface area (Å²) < 4.78 is 36.3. The van der Waals surface area contributed by atoms with E-state index in [1.165, 1.54) is 6.92 Å². The maximum atomic E-state index is 12.1. The summed E-state index contributed by atoms with van der Waals surface area (Å²) >= 11 is 0. The van der Waals surface area contributed by atoms with Crippen LogP contribution in [0.25, 0.3) is 0 Å². The quantitative estimate of drug-likeness (QED) is 0.886. The number of alkyl halides is 3. The van der Waals surface area contributed by atoms with Gasteiger partial charge in [-0.05, 0) is 12.5 Å². The zero-order valence-corrected chi connectivity index (χ0v) is 12.2. The molecule has 8 heteroatoms. The molecule has 2 N–H and O–H groups in total. The van der Waals surface area contributed by atoms with Gasteiger partial charge in [-0.25, -0.2) is 0 Å². The first-order valence-electron chi connectivity index (χ1n) is 6.96. The van der Waals surface area contributed by atoms with E-state index in [0.29, 0.717) is 11.1 Å². The van der Waals surface area contributed by atoms with Crippen LogP contribution in [0.15, 0.2) is 24.3 Å². The zero-order chi connectivity index (χ0) is 17.2. The Kier molecular flexibility index (Phi) is 4.72. The first kappa shape index (κ1) is 17.0. The van der Waals surface area contributed by atoms with Crippen LogP contribution in [0.1, 0.15) is 41.7 Å². The highest BCUT2D eigenvalue weighted by atomic mass is 19.4. The van der Waals surface area contributed by atoms with Gasteiger partial charge in [-0.1, -0.05) is 24.3 Å². The molecule has 2 unspecified atom stereocenters. The number of Topliss-reactive ketones (excluding diaryl/α,β-unsaturated/α-hetero) is 1. The van der Waals surface area contributed by atoms with Crippen molar-refractivity contribution in [2.45, 2.75) is 38.0 Å². The summed E-state index contributed by atoms with van der Waals surface area (Å²) in [5, 5.41) is 4.57. The third-order valence-corrected chi connectivity index (χ3v) is 3.47. The monoisotopic (exact) mass is 328 g/mol. The number of hydrogen-bond donors (Lipinski definition) is 2. The smallest absolute Gasteiger partial charge is 0.347 e. The van der Waals surface area contributed by atoms with Crippen molar-refractivity contribution in [1.82, 2.24) is 10.6 Å². The lowest BCUT2D eigenvalue weighted by Gasteiger charge is -2.18. The molecule has 0 radical (unpaired) electrons. The van der Waals surface area contributed by atoms with Gasteiger partial charge in [0.05, 0.1) is 6.04 Å². The molecule has 23 heavy (non-hydrogen) atoms. The average molecular weight is 328 g/mol. The van der Waals surface area contributed by atoms with Crippen LogP contribution in [0.2, 0.25) is 0 Å². The fourth-order valence-electron chi connectivity index (χ4n) is 2.43. The van der Waals surface area contributed by atoms with Crippen LogP contribution in [0.4, 0.5) is 13.2 Å². The van der Waals surface area contributed by atoms with Crippen LogP contribution >= 0.6 is 0 Å². The van der Waals surface area contributed by atoms with Gasteiger partial charge in [0.15, 0.2) is 5.78 Å². The molecule has 0 heterocycles. The summed E-state index contributed by atoms with van der Waals surface area (Å²) in [6, 6.07) is 5.13. The molecule has 1 aliphatic rings. The highest BCUT2D eigenvalue weighted by Gasteiger charge is 2.34. The van der Waals surface area contributed by atoms with Gasteiger partial charge in [0, 0.05) is 12.0 Å². The number of hydrogen-bond acceptors (Lipinski definition) is 3. The molecule has 0 saturated carbocycles. The van der Waals surface area contributed by atoms with E-state index in [2.05, 4.69) is 5.32 Å². The molecule has 2 amide bonds. The molecule has 2 atom stereocenters. The number of ketones is 1. The molecule has 0 spiro atoms. The average Bonchev–Trinajstić information content (AvgIpc) is 2.74. The number of carbonyl (C=O) groups excluding carboxylic acids is 3. The third-order valence-electron chi connectivity index (χ3n) is 3.47. The molecule has 5 nitrogen and oxygen atoms in total. The number of nitrogens with one attached hydrogen (secondary N) is 2. The standard InChI is InChI=1S/C15H15F3N2O3/c1-8(19-13(22)7-15(16,17)18)14(23)20-11-6-12(21)10-5-3-2-4-9(10)11/h2-5,8,11H,6-7H2,1H3,(H,19,22)(H,20,23). The lowest BCUT2D eigenvalue weighted by Crippen LogP contribution is -2.46. The molecule has 0 aromatic heterocycles. The van der Waals surface area contributed by atoms with Gasteiger partial charge in [-0.3, -0.25) is 14.4 Å². The second-order valence-electron chi connectivity index (χ2n) is 5.36. The van der Waals surface area contributed by atoms with Crippen LogP contribution in [0.5, 0.6) is 0 Å². The van der Waals surface area contributed by atoms with E-state index >= 15 is 0 Å². The summed E-state index contributed by atoms with van der Waals surface area (Å²) in [5.41, 5.74) is 1.19. The van der Waals surface area contributed by atoms with Crippen molar-refractivity contribution in [2.75, 3.05) is 0 Å². The number of amides is 2. The van der Waals surface area contributed by atoms with Crippen LogP contribution < -0.4 is 10.6 Å². The molecule has 0 fully saturated rings. The minimum absolute atomic E-state index is 0.0916. The maximum Gasteiger partial charge on any atom is 0.397 e. The molecule has 124 valence electrons. The van der Waals surface area contributed by atoms with Crippen molar-refractivity contribution in [3.05, 3.63) is 35.4 Å². The summed E-state index contributed by atoms with van der Waals surface area (Å²) in [6.07, 6.45) is -6.18. The number of benzene rings is 1. The summed E-state index contributed by atoms with van der Waals surface area (Å²) in [4.78, 5) is 35.0. The highest BCUT2D eigenvalue weighted by Crippen LogP contribution is 2.30. The lowest BCUT2D eigenvalue weighted by atomic mass is 10.1. The zero-order valence-electron chi connectivity index (χ0n) is 12.2. The van der Waals surface area contributed by atoms with Crippen LogP contribution in [-0.2, 0) is 9.59 Å². The molecule has 2 rings (SSSR count). The fraction of sp³-hybridized carbons (Fsp3) is 0.400. The molecule has 1 aliphatic carbocycles. The van der Waals surface area contributed by atoms with Gasteiger partial charge in [-0.15, -0.1) is 0 Å². The van der Waals surface area contributed by atoms with E-state index in [4.69, 9.17) is 0 Å². The van der Waals surface area contributed by atoms with Gasteiger partial charge < -0.3 is 10.6 Å². The number of fused-ring (bicyclic) bond motifs is 1. The second-order valence-corrected chi connectivity index (χ2v) is 5.36. The van der Waals surface area contributed by atoms with Crippen LogP contribution in [0, 0.1) is 0 Å². The Bertz CT molecular complexity index is 643. The van der Waals surface area contributed by atoms with E-state index in [1.54, 1.807) is 24.3 Å². The van der Waals surface area contributed by atoms with Gasteiger partial charge in [0.25, 0.3) is 0 Å². The maximum absolute atomic E-state index is 12.1. The van der Waals surface area contributed by atoms with Crippen molar-refractivity contribution in [2.24, 2.45) is 0 Å². The highest BCUT2D eigenvalue weighted by molar-refractivity contribution is 6.02. The number of carbonyl (C=O) groups is 3. The topological polar surface area (TPSA) is 75.3 Å². The number of halogens is 3. The molecule has 0 saturated heterocycles. The summed E-state index contributed by atoms with van der Waals surface area (Å²) in [7, 11) is 0. The molecule has 0 bridgehead atoms. The molecular weight excluding hydrogens is 313 g/mol. The first-order chi connectivity index (χ1) is 10.7. The van der Waals surface area contributed by atoms with Crippen molar-refractivity contribution in [3.63, 3.8) is 0 Å². The van der Waals surface area contributed by atoms with E-state index in [9.17, 15) is 27.6 Å². The van der Waals surface area contributed by atoms with E-state index in [-0.39, 0.29) is 12.2 Å². The second kappa shape index (κ2) is 6.39. The van der Waals surface area contributed by atoms with Crippen molar-refractivity contribution in [3.8, 4) is 0 Å². The fourth-order valence-corrected chi connectivity index (χ4v) is 2.43. The summed E-state index contributed by atoms with van der Waals surface area (Å²) in [5.74, 6) is -2.03. The predicted octanol–water partition coefficient (Wildman–Crippen LogP) is 1.89. The largest absolute Gasteiger partial charge is 0.397 e. The van der Waals surface area contributed by atoms with Crippen molar-refractivity contribution in [1.29, 1.82) is 0 Å². The van der Waals surface area contributed by atoms with Crippen molar-refractivity contribution < 1.29 is 27.6 Å². The Morgan fingerprint density at radius 3 is 2.61 bits per heavy atom. The Labute approximate surface area is 130 Å². The lowest BCUT2D eigenvalue weighted by molar-refractivity contribution is -0.155. The van der Waals surface area contributed by atoms with E-state index < -0.39 is 36.5 Å². The first-order valence-corrected chi connectivity index (χ1v) is 6.96. The minimum Gasteiger partial charge on any atom is -0.347 e. The SMILES string of the molecule is CC(NC(=O)CC(F)(F)F)C(=O)NC1CC(=O)c2ccccc21. The Balaban J connectivity index is 1.95. The Morgan fingerprint density at radius 2 is 1.96 bits per heavy atom.